The van der Waals surface area contributed by atoms with E-state index in [-0.39, 0.29) is 0 Å². The molecule has 0 fully saturated rings. The molecule has 0 aromatic carbocycles. The van der Waals surface area contributed by atoms with Gasteiger partial charge in [0.05, 0.1) is 13.2 Å². The Hall–Kier alpha value is -1.25. The molecule has 1 aromatic rings. The monoisotopic (exact) mass is 167 g/mol. The molecule has 0 saturated carbocycles. The Balaban J connectivity index is 2.67. The first-order valence-corrected chi connectivity index (χ1v) is 4.08. The Bertz CT molecular complexity index is 216. The minimum absolute atomic E-state index is 0.614. The molecule has 0 amide bonds. The summed E-state index contributed by atoms with van der Waals surface area (Å²) in [5.74, 6) is 1.42. The molecule has 0 spiro atoms. The summed E-state index contributed by atoms with van der Waals surface area (Å²) in [7, 11) is 0. The van der Waals surface area contributed by atoms with Gasteiger partial charge in [-0.1, -0.05) is 0 Å². The third-order valence-electron chi connectivity index (χ3n) is 1.31. The summed E-state index contributed by atoms with van der Waals surface area (Å²) in [5.41, 5.74) is 0. The first kappa shape index (κ1) is 8.84. The average Bonchev–Trinajstić information content (AvgIpc) is 2.06. The summed E-state index contributed by atoms with van der Waals surface area (Å²) in [5, 5.41) is 0. The van der Waals surface area contributed by atoms with Crippen LogP contribution in [0.3, 0.4) is 0 Å². The third-order valence-corrected chi connectivity index (χ3v) is 1.31. The van der Waals surface area contributed by atoms with Gasteiger partial charge in [0, 0.05) is 12.3 Å². The average molecular weight is 167 g/mol. The van der Waals surface area contributed by atoms with Crippen LogP contribution in [0.25, 0.3) is 0 Å². The lowest BCUT2D eigenvalue weighted by Gasteiger charge is -2.04. The quantitative estimate of drug-likeness (QED) is 0.686. The molecule has 0 aliphatic carbocycles. The zero-order valence-corrected chi connectivity index (χ0v) is 7.41. The highest BCUT2D eigenvalue weighted by molar-refractivity contribution is 5.25. The maximum absolute atomic E-state index is 5.27. The summed E-state index contributed by atoms with van der Waals surface area (Å²) < 4.78 is 10.5. The summed E-state index contributed by atoms with van der Waals surface area (Å²) in [6, 6.07) is 3.60. The molecular formula is C9H13NO2. The second-order valence-corrected chi connectivity index (χ2v) is 2.20. The molecule has 0 atom stereocenters. The number of aromatic nitrogens is 1. The van der Waals surface area contributed by atoms with E-state index >= 15 is 0 Å². The van der Waals surface area contributed by atoms with Crippen molar-refractivity contribution >= 4 is 0 Å². The maximum Gasteiger partial charge on any atom is 0.216 e. The number of hydrogen-bond donors (Lipinski definition) is 0. The van der Waals surface area contributed by atoms with Gasteiger partial charge < -0.3 is 9.47 Å². The molecule has 0 bridgehead atoms. The van der Waals surface area contributed by atoms with E-state index in [1.54, 1.807) is 12.3 Å². The minimum Gasteiger partial charge on any atom is -0.494 e. The fourth-order valence-corrected chi connectivity index (χ4v) is 0.875. The molecule has 1 rings (SSSR count). The van der Waals surface area contributed by atoms with Gasteiger partial charge >= 0.3 is 0 Å². The van der Waals surface area contributed by atoms with Gasteiger partial charge in [0.1, 0.15) is 5.75 Å². The topological polar surface area (TPSA) is 31.4 Å². The van der Waals surface area contributed by atoms with Crippen LogP contribution in [0.1, 0.15) is 13.8 Å². The number of ether oxygens (including phenoxy) is 2. The Morgan fingerprint density at radius 1 is 1.25 bits per heavy atom. The normalized spacial score (nSPS) is 9.50. The van der Waals surface area contributed by atoms with E-state index in [9.17, 15) is 0 Å². The summed E-state index contributed by atoms with van der Waals surface area (Å²) in [6.45, 7) is 5.16. The van der Waals surface area contributed by atoms with Crippen LogP contribution in [-0.2, 0) is 0 Å². The van der Waals surface area contributed by atoms with Crippen LogP contribution in [-0.4, -0.2) is 18.2 Å². The molecule has 0 N–H and O–H groups in total. The first-order chi connectivity index (χ1) is 5.86. The summed E-state index contributed by atoms with van der Waals surface area (Å²) >= 11 is 0. The minimum atomic E-state index is 0.614. The molecule has 12 heavy (non-hydrogen) atoms. The van der Waals surface area contributed by atoms with Gasteiger partial charge in [-0.15, -0.1) is 0 Å². The van der Waals surface area contributed by atoms with Crippen molar-refractivity contribution in [2.75, 3.05) is 13.2 Å². The van der Waals surface area contributed by atoms with Crippen molar-refractivity contribution in [2.24, 2.45) is 0 Å². The zero-order chi connectivity index (χ0) is 8.81. The zero-order valence-electron chi connectivity index (χ0n) is 7.41. The van der Waals surface area contributed by atoms with E-state index in [0.717, 1.165) is 5.75 Å². The lowest BCUT2D eigenvalue weighted by Crippen LogP contribution is -1.96. The highest BCUT2D eigenvalue weighted by atomic mass is 16.5. The Morgan fingerprint density at radius 2 is 2.00 bits per heavy atom. The van der Waals surface area contributed by atoms with E-state index in [4.69, 9.17) is 9.47 Å². The van der Waals surface area contributed by atoms with Gasteiger partial charge in [-0.05, 0) is 19.9 Å². The van der Waals surface area contributed by atoms with Crippen molar-refractivity contribution in [3.05, 3.63) is 18.3 Å². The van der Waals surface area contributed by atoms with E-state index < -0.39 is 0 Å². The standard InChI is InChI=1S/C9H13NO2/c1-3-11-8-5-6-10-9(7-8)12-4-2/h5-7H,3-4H2,1-2H3. The second kappa shape index (κ2) is 4.59. The van der Waals surface area contributed by atoms with Gasteiger partial charge in [-0.3, -0.25) is 0 Å². The number of nitrogens with zero attached hydrogens (tertiary/aromatic N) is 1. The van der Waals surface area contributed by atoms with E-state index in [0.29, 0.717) is 19.1 Å². The van der Waals surface area contributed by atoms with Crippen molar-refractivity contribution in [3.63, 3.8) is 0 Å². The summed E-state index contributed by atoms with van der Waals surface area (Å²) in [4.78, 5) is 4.01. The van der Waals surface area contributed by atoms with Gasteiger partial charge in [0.2, 0.25) is 5.88 Å². The number of rotatable bonds is 4. The predicted octanol–water partition coefficient (Wildman–Crippen LogP) is 1.88. The highest BCUT2D eigenvalue weighted by Gasteiger charge is 1.96. The van der Waals surface area contributed by atoms with E-state index in [1.807, 2.05) is 19.9 Å². The Morgan fingerprint density at radius 3 is 2.67 bits per heavy atom. The lowest BCUT2D eigenvalue weighted by atomic mass is 10.4. The highest BCUT2D eigenvalue weighted by Crippen LogP contribution is 2.15. The van der Waals surface area contributed by atoms with Crippen molar-refractivity contribution in [1.82, 2.24) is 4.98 Å². The van der Waals surface area contributed by atoms with E-state index in [1.165, 1.54) is 0 Å². The van der Waals surface area contributed by atoms with Gasteiger partial charge in [0.25, 0.3) is 0 Å². The molecule has 0 saturated heterocycles. The van der Waals surface area contributed by atoms with Crippen LogP contribution >= 0.6 is 0 Å². The van der Waals surface area contributed by atoms with Crippen molar-refractivity contribution in [3.8, 4) is 11.6 Å². The molecule has 3 nitrogen and oxygen atoms in total. The molecule has 3 heteroatoms. The van der Waals surface area contributed by atoms with E-state index in [2.05, 4.69) is 4.98 Å². The molecule has 0 unspecified atom stereocenters. The van der Waals surface area contributed by atoms with Gasteiger partial charge in [-0.25, -0.2) is 4.98 Å². The molecule has 0 aliphatic heterocycles. The van der Waals surface area contributed by atoms with Crippen LogP contribution in [0.2, 0.25) is 0 Å². The van der Waals surface area contributed by atoms with Gasteiger partial charge in [-0.2, -0.15) is 0 Å². The summed E-state index contributed by atoms with van der Waals surface area (Å²) in [6.07, 6.45) is 1.68. The molecule has 1 aromatic heterocycles. The fourth-order valence-electron chi connectivity index (χ4n) is 0.875. The second-order valence-electron chi connectivity index (χ2n) is 2.20. The smallest absolute Gasteiger partial charge is 0.216 e. The van der Waals surface area contributed by atoms with Crippen LogP contribution in [0.5, 0.6) is 11.6 Å². The lowest BCUT2D eigenvalue weighted by molar-refractivity contribution is 0.313. The fraction of sp³-hybridized carbons (Fsp3) is 0.444. The van der Waals surface area contributed by atoms with Crippen molar-refractivity contribution < 1.29 is 9.47 Å². The number of pyridine rings is 1. The predicted molar refractivity (Wildman–Crippen MR) is 46.6 cm³/mol. The molecule has 66 valence electrons. The van der Waals surface area contributed by atoms with Crippen molar-refractivity contribution in [1.29, 1.82) is 0 Å². The van der Waals surface area contributed by atoms with Crippen LogP contribution < -0.4 is 9.47 Å². The molecular weight excluding hydrogens is 154 g/mol. The Labute approximate surface area is 72.3 Å². The van der Waals surface area contributed by atoms with Crippen LogP contribution in [0.15, 0.2) is 18.3 Å². The molecule has 1 heterocycles. The molecule has 0 radical (unpaired) electrons. The maximum atomic E-state index is 5.27. The Kier molecular flexibility index (Phi) is 3.38. The van der Waals surface area contributed by atoms with Crippen LogP contribution in [0, 0.1) is 0 Å². The van der Waals surface area contributed by atoms with Gasteiger partial charge in [0.15, 0.2) is 0 Å². The molecule has 0 aliphatic rings. The largest absolute Gasteiger partial charge is 0.494 e. The van der Waals surface area contributed by atoms with Crippen molar-refractivity contribution in [2.45, 2.75) is 13.8 Å². The number of hydrogen-bond acceptors (Lipinski definition) is 3. The SMILES string of the molecule is CCOc1ccnc(OCC)c1. The van der Waals surface area contributed by atoms with Crippen LogP contribution in [0.4, 0.5) is 0 Å². The third kappa shape index (κ3) is 2.42. The first-order valence-electron chi connectivity index (χ1n) is 4.08.